The van der Waals surface area contributed by atoms with Crippen LogP contribution in [0.3, 0.4) is 0 Å². The van der Waals surface area contributed by atoms with Crippen LogP contribution in [0.1, 0.15) is 45.6 Å². The van der Waals surface area contributed by atoms with Gasteiger partial charge in [-0.1, -0.05) is 32.9 Å². The van der Waals surface area contributed by atoms with E-state index < -0.39 is 0 Å². The Labute approximate surface area is 126 Å². The highest BCUT2D eigenvalue weighted by molar-refractivity contribution is 5.67. The zero-order valence-electron chi connectivity index (χ0n) is 13.3. The number of nitrogens with zero attached hydrogens (tertiary/aromatic N) is 1. The summed E-state index contributed by atoms with van der Waals surface area (Å²) in [6.07, 6.45) is 3.74. The molecule has 0 heterocycles. The minimum atomic E-state index is -0.280. The summed E-state index contributed by atoms with van der Waals surface area (Å²) in [6.45, 7) is 8.90. The molecule has 3 unspecified atom stereocenters. The van der Waals surface area contributed by atoms with Crippen molar-refractivity contribution in [1.29, 1.82) is 0 Å². The monoisotopic (exact) mass is 288 g/mol. The highest BCUT2D eigenvalue weighted by atomic mass is 16.6. The second kappa shape index (κ2) is 4.46. The molecule has 2 aliphatic carbocycles. The van der Waals surface area contributed by atoms with Crippen LogP contribution in [0.5, 0.6) is 0 Å². The summed E-state index contributed by atoms with van der Waals surface area (Å²) >= 11 is 0. The van der Waals surface area contributed by atoms with Crippen LogP contribution in [-0.4, -0.2) is 11.0 Å². The van der Waals surface area contributed by atoms with Gasteiger partial charge in [0.1, 0.15) is 5.69 Å². The number of benzene rings is 1. The topological polar surface area (TPSA) is 55.2 Å². The van der Waals surface area contributed by atoms with Crippen molar-refractivity contribution >= 4 is 11.4 Å². The number of aryl methyl sites for hydroxylation is 1. The Bertz CT molecular complexity index is 592. The van der Waals surface area contributed by atoms with Gasteiger partial charge in [-0.05, 0) is 48.5 Å². The van der Waals surface area contributed by atoms with Crippen LogP contribution in [0.4, 0.5) is 11.4 Å². The van der Waals surface area contributed by atoms with E-state index in [4.69, 9.17) is 0 Å². The molecule has 4 nitrogen and oxygen atoms in total. The van der Waals surface area contributed by atoms with E-state index in [1.54, 1.807) is 12.1 Å². The largest absolute Gasteiger partial charge is 0.375 e. The number of para-hydroxylation sites is 1. The van der Waals surface area contributed by atoms with Crippen molar-refractivity contribution in [3.05, 3.63) is 33.9 Å². The maximum atomic E-state index is 11.3. The minimum absolute atomic E-state index is 0.184. The predicted octanol–water partition coefficient (Wildman–Crippen LogP) is 4.53. The lowest BCUT2D eigenvalue weighted by molar-refractivity contribution is -0.384. The smallest absolute Gasteiger partial charge is 0.292 e. The molecular weight excluding hydrogens is 264 g/mol. The Morgan fingerprint density at radius 2 is 2.05 bits per heavy atom. The maximum Gasteiger partial charge on any atom is 0.292 e. The molecule has 0 aromatic heterocycles. The lowest BCUT2D eigenvalue weighted by Gasteiger charge is -2.43. The fourth-order valence-electron chi connectivity index (χ4n) is 4.80. The number of fused-ring (bicyclic) bond motifs is 2. The molecule has 0 radical (unpaired) electrons. The van der Waals surface area contributed by atoms with Gasteiger partial charge in [0.25, 0.3) is 5.69 Å². The van der Waals surface area contributed by atoms with Crippen LogP contribution in [-0.2, 0) is 0 Å². The van der Waals surface area contributed by atoms with Gasteiger partial charge in [0.05, 0.1) is 4.92 Å². The van der Waals surface area contributed by atoms with Crippen molar-refractivity contribution in [2.75, 3.05) is 5.32 Å². The molecule has 3 rings (SSSR count). The molecule has 2 aliphatic rings. The van der Waals surface area contributed by atoms with Crippen LogP contribution in [0.25, 0.3) is 0 Å². The third kappa shape index (κ3) is 2.03. The van der Waals surface area contributed by atoms with E-state index in [2.05, 4.69) is 26.1 Å². The van der Waals surface area contributed by atoms with Crippen molar-refractivity contribution in [2.24, 2.45) is 16.7 Å². The van der Waals surface area contributed by atoms with Gasteiger partial charge in [0.2, 0.25) is 0 Å². The summed E-state index contributed by atoms with van der Waals surface area (Å²) in [5.74, 6) is 0.725. The number of hydrogen-bond donors (Lipinski definition) is 1. The van der Waals surface area contributed by atoms with Gasteiger partial charge in [-0.2, -0.15) is 0 Å². The molecule has 114 valence electrons. The molecule has 0 aliphatic heterocycles. The summed E-state index contributed by atoms with van der Waals surface area (Å²) in [5, 5.41) is 14.9. The highest BCUT2D eigenvalue weighted by Gasteiger charge is 2.59. The average molecular weight is 288 g/mol. The van der Waals surface area contributed by atoms with Crippen molar-refractivity contribution in [1.82, 2.24) is 0 Å². The zero-order valence-corrected chi connectivity index (χ0v) is 13.3. The molecule has 0 saturated heterocycles. The summed E-state index contributed by atoms with van der Waals surface area (Å²) in [5.41, 5.74) is 2.28. The Kier molecular flexibility index (Phi) is 3.05. The quantitative estimate of drug-likeness (QED) is 0.656. The van der Waals surface area contributed by atoms with Crippen LogP contribution in [0, 0.1) is 33.8 Å². The minimum Gasteiger partial charge on any atom is -0.375 e. The lowest BCUT2D eigenvalue weighted by Crippen LogP contribution is -2.46. The Balaban J connectivity index is 1.99. The summed E-state index contributed by atoms with van der Waals surface area (Å²) in [4.78, 5) is 11.0. The van der Waals surface area contributed by atoms with E-state index in [0.29, 0.717) is 11.7 Å². The van der Waals surface area contributed by atoms with Gasteiger partial charge in [0.15, 0.2) is 0 Å². The van der Waals surface area contributed by atoms with E-state index >= 15 is 0 Å². The molecule has 0 spiro atoms. The van der Waals surface area contributed by atoms with E-state index in [1.807, 2.05) is 13.0 Å². The number of nitro groups is 1. The molecule has 21 heavy (non-hydrogen) atoms. The van der Waals surface area contributed by atoms with Crippen molar-refractivity contribution < 1.29 is 4.92 Å². The Hall–Kier alpha value is -1.58. The number of nitrogens with one attached hydrogen (secondary N) is 1. The van der Waals surface area contributed by atoms with Crippen LogP contribution >= 0.6 is 0 Å². The van der Waals surface area contributed by atoms with Gasteiger partial charge in [-0.25, -0.2) is 0 Å². The second-order valence-corrected chi connectivity index (χ2v) is 7.72. The summed E-state index contributed by atoms with van der Waals surface area (Å²) in [6, 6.07) is 5.59. The molecule has 1 N–H and O–H groups in total. The average Bonchev–Trinajstić information content (AvgIpc) is 2.87. The molecule has 2 fully saturated rings. The Morgan fingerprint density at radius 3 is 2.62 bits per heavy atom. The first-order valence-corrected chi connectivity index (χ1v) is 7.76. The van der Waals surface area contributed by atoms with Crippen LogP contribution in [0.2, 0.25) is 0 Å². The molecule has 1 aromatic rings. The summed E-state index contributed by atoms with van der Waals surface area (Å²) < 4.78 is 0. The lowest BCUT2D eigenvalue weighted by atomic mass is 9.68. The van der Waals surface area contributed by atoms with E-state index in [1.165, 1.54) is 19.3 Å². The molecule has 3 atom stereocenters. The molecule has 2 bridgehead atoms. The number of hydrogen-bond acceptors (Lipinski definition) is 3. The predicted molar refractivity (Wildman–Crippen MR) is 84.5 cm³/mol. The molecular formula is C17H24N2O2. The first-order valence-electron chi connectivity index (χ1n) is 7.76. The second-order valence-electron chi connectivity index (χ2n) is 7.72. The van der Waals surface area contributed by atoms with E-state index in [-0.39, 0.29) is 21.4 Å². The van der Waals surface area contributed by atoms with Crippen molar-refractivity contribution in [3.8, 4) is 0 Å². The maximum absolute atomic E-state index is 11.3. The van der Waals surface area contributed by atoms with Crippen LogP contribution < -0.4 is 5.32 Å². The number of rotatable bonds is 3. The van der Waals surface area contributed by atoms with Gasteiger partial charge < -0.3 is 5.32 Å². The SMILES string of the molecule is Cc1cccc([N+](=O)[O-])c1NC1C2(C)CCC(C2)C1(C)C. The third-order valence-corrected chi connectivity index (χ3v) is 6.01. The first kappa shape index (κ1) is 14.4. The van der Waals surface area contributed by atoms with Gasteiger partial charge >= 0.3 is 0 Å². The summed E-state index contributed by atoms with van der Waals surface area (Å²) in [7, 11) is 0. The Morgan fingerprint density at radius 1 is 1.33 bits per heavy atom. The molecule has 1 aromatic carbocycles. The first-order chi connectivity index (χ1) is 9.75. The molecule has 2 saturated carbocycles. The van der Waals surface area contributed by atoms with Crippen LogP contribution in [0.15, 0.2) is 18.2 Å². The van der Waals surface area contributed by atoms with E-state index in [0.717, 1.165) is 11.5 Å². The van der Waals surface area contributed by atoms with Gasteiger partial charge in [-0.15, -0.1) is 0 Å². The number of anilines is 1. The van der Waals surface area contributed by atoms with Gasteiger partial charge in [0, 0.05) is 12.1 Å². The van der Waals surface area contributed by atoms with Gasteiger partial charge in [-0.3, -0.25) is 10.1 Å². The molecule has 0 amide bonds. The van der Waals surface area contributed by atoms with E-state index in [9.17, 15) is 10.1 Å². The highest BCUT2D eigenvalue weighted by Crippen LogP contribution is 2.63. The number of nitro benzene ring substituents is 1. The van der Waals surface area contributed by atoms with Crippen molar-refractivity contribution in [3.63, 3.8) is 0 Å². The molecule has 4 heteroatoms. The standard InChI is InChI=1S/C17H24N2O2/c1-11-6-5-7-13(19(20)21)14(11)18-15-16(2,3)12-8-9-17(15,4)10-12/h5-7,12,15,18H,8-10H2,1-4H3. The third-order valence-electron chi connectivity index (χ3n) is 6.01. The van der Waals surface area contributed by atoms with Crippen molar-refractivity contribution in [2.45, 2.75) is 53.0 Å². The zero-order chi connectivity index (χ0) is 15.4. The fraction of sp³-hybridized carbons (Fsp3) is 0.647. The fourth-order valence-corrected chi connectivity index (χ4v) is 4.80. The normalized spacial score (nSPS) is 33.1.